The van der Waals surface area contributed by atoms with Gasteiger partial charge in [0.2, 0.25) is 0 Å². The van der Waals surface area contributed by atoms with Crippen molar-refractivity contribution in [1.29, 1.82) is 0 Å². The predicted octanol–water partition coefficient (Wildman–Crippen LogP) is 4.84. The van der Waals surface area contributed by atoms with Crippen LogP contribution in [0.15, 0.2) is 30.1 Å². The largest absolute Gasteiger partial charge is 0.478 e. The first-order chi connectivity index (χ1) is 11.2. The number of rotatable bonds is 6. The highest BCUT2D eigenvalue weighted by Gasteiger charge is 2.23. The Labute approximate surface area is 140 Å². The van der Waals surface area contributed by atoms with Crippen LogP contribution in [0.4, 0.5) is 13.2 Å². The SMILES string of the molecule is CC.CC/C=C(/N/C=C(\C)C(C)(F)F)c1ncc(C(=O)O)cc1F. The molecule has 0 aliphatic heterocycles. The van der Waals surface area contributed by atoms with Crippen molar-refractivity contribution in [3.8, 4) is 0 Å². The maximum atomic E-state index is 14.0. The molecule has 134 valence electrons. The number of halogens is 3. The molecule has 4 nitrogen and oxygen atoms in total. The molecule has 0 aromatic carbocycles. The molecule has 2 N–H and O–H groups in total. The van der Waals surface area contributed by atoms with Crippen LogP contribution in [0, 0.1) is 5.82 Å². The number of nitrogens with one attached hydrogen (secondary N) is 1. The summed E-state index contributed by atoms with van der Waals surface area (Å²) in [6.45, 7) is 7.79. The molecular weight excluding hydrogens is 321 g/mol. The van der Waals surface area contributed by atoms with Crippen LogP contribution in [0.2, 0.25) is 0 Å². The quantitative estimate of drug-likeness (QED) is 0.775. The Balaban J connectivity index is 0.00000254. The molecular formula is C17H23F3N2O2. The lowest BCUT2D eigenvalue weighted by Crippen LogP contribution is -2.16. The zero-order chi connectivity index (χ0) is 18.9. The van der Waals surface area contributed by atoms with Gasteiger partial charge in [0.25, 0.3) is 5.92 Å². The van der Waals surface area contributed by atoms with E-state index in [1.165, 1.54) is 6.92 Å². The van der Waals surface area contributed by atoms with E-state index in [1.807, 2.05) is 13.8 Å². The van der Waals surface area contributed by atoms with Gasteiger partial charge in [0, 0.05) is 24.9 Å². The van der Waals surface area contributed by atoms with Crippen LogP contribution >= 0.6 is 0 Å². The van der Waals surface area contributed by atoms with Crippen LogP contribution < -0.4 is 5.32 Å². The van der Waals surface area contributed by atoms with E-state index in [9.17, 15) is 18.0 Å². The second kappa shape index (κ2) is 9.75. The second-order valence-electron chi connectivity index (χ2n) is 4.75. The number of nitrogens with zero attached hydrogens (tertiary/aromatic N) is 1. The molecule has 0 spiro atoms. The second-order valence-corrected chi connectivity index (χ2v) is 4.75. The Morgan fingerprint density at radius 1 is 1.42 bits per heavy atom. The molecule has 1 rings (SSSR count). The highest BCUT2D eigenvalue weighted by atomic mass is 19.3. The maximum Gasteiger partial charge on any atom is 0.337 e. The van der Waals surface area contributed by atoms with Crippen molar-refractivity contribution in [2.24, 2.45) is 0 Å². The number of carboxylic acids is 1. The average molecular weight is 344 g/mol. The average Bonchev–Trinajstić information content (AvgIpc) is 2.52. The first-order valence-electron chi connectivity index (χ1n) is 7.57. The van der Waals surface area contributed by atoms with Crippen LogP contribution in [-0.2, 0) is 0 Å². The molecule has 1 heterocycles. The van der Waals surface area contributed by atoms with Crippen molar-refractivity contribution in [3.05, 3.63) is 47.2 Å². The van der Waals surface area contributed by atoms with E-state index >= 15 is 0 Å². The lowest BCUT2D eigenvalue weighted by Gasteiger charge is -2.13. The molecule has 0 unspecified atom stereocenters. The fraction of sp³-hybridized carbons (Fsp3) is 0.412. The van der Waals surface area contributed by atoms with E-state index in [2.05, 4.69) is 10.3 Å². The van der Waals surface area contributed by atoms with Crippen LogP contribution in [0.25, 0.3) is 5.70 Å². The van der Waals surface area contributed by atoms with E-state index < -0.39 is 17.7 Å². The van der Waals surface area contributed by atoms with Crippen molar-refractivity contribution >= 4 is 11.7 Å². The molecule has 0 saturated heterocycles. The molecule has 0 saturated carbocycles. The van der Waals surface area contributed by atoms with E-state index in [0.29, 0.717) is 6.42 Å². The summed E-state index contributed by atoms with van der Waals surface area (Å²) in [4.78, 5) is 14.5. The molecule has 0 amide bonds. The Kier molecular flexibility index (Phi) is 8.81. The van der Waals surface area contributed by atoms with Gasteiger partial charge in [-0.15, -0.1) is 0 Å². The fourth-order valence-corrected chi connectivity index (χ4v) is 1.49. The smallest absolute Gasteiger partial charge is 0.337 e. The Morgan fingerprint density at radius 2 is 2.00 bits per heavy atom. The van der Waals surface area contributed by atoms with Gasteiger partial charge in [-0.1, -0.05) is 26.8 Å². The van der Waals surface area contributed by atoms with Crippen molar-refractivity contribution in [3.63, 3.8) is 0 Å². The Morgan fingerprint density at radius 3 is 2.42 bits per heavy atom. The summed E-state index contributed by atoms with van der Waals surface area (Å²) in [7, 11) is 0. The van der Waals surface area contributed by atoms with Gasteiger partial charge < -0.3 is 10.4 Å². The molecule has 1 aromatic rings. The van der Waals surface area contributed by atoms with Gasteiger partial charge in [0.05, 0.1) is 11.3 Å². The van der Waals surface area contributed by atoms with Gasteiger partial charge >= 0.3 is 5.97 Å². The minimum atomic E-state index is -3.00. The van der Waals surface area contributed by atoms with Crippen molar-refractivity contribution < 1.29 is 23.1 Å². The molecule has 1 aromatic heterocycles. The number of alkyl halides is 2. The molecule has 0 aliphatic carbocycles. The van der Waals surface area contributed by atoms with Gasteiger partial charge in [-0.25, -0.2) is 18.0 Å². The van der Waals surface area contributed by atoms with E-state index in [-0.39, 0.29) is 22.5 Å². The first-order valence-corrected chi connectivity index (χ1v) is 7.57. The third kappa shape index (κ3) is 6.44. The highest BCUT2D eigenvalue weighted by molar-refractivity contribution is 5.87. The standard InChI is InChI=1S/C15H17F3N2O2.C2H6/c1-4-5-12(19-7-9(2)15(3,17)18)13-11(16)6-10(8-20-13)14(21)22;1-2/h5-8,19H,4H2,1-3H3,(H,21,22);1-2H3/b9-7+,12-5+;. The number of aromatic carboxylic acids is 1. The molecule has 0 radical (unpaired) electrons. The number of hydrogen-bond acceptors (Lipinski definition) is 3. The first kappa shape index (κ1) is 21.7. The zero-order valence-electron chi connectivity index (χ0n) is 14.5. The summed E-state index contributed by atoms with van der Waals surface area (Å²) in [6.07, 6.45) is 4.17. The van der Waals surface area contributed by atoms with Crippen LogP contribution in [0.3, 0.4) is 0 Å². The number of allylic oxidation sites excluding steroid dienone is 2. The molecule has 0 fully saturated rings. The Bertz CT molecular complexity index is 621. The number of carboxylic acid groups (broad SMARTS) is 1. The van der Waals surface area contributed by atoms with Crippen molar-refractivity contribution in [2.45, 2.75) is 47.0 Å². The monoisotopic (exact) mass is 344 g/mol. The normalized spacial score (nSPS) is 12.3. The molecule has 24 heavy (non-hydrogen) atoms. The van der Waals surface area contributed by atoms with Gasteiger partial charge in [0.15, 0.2) is 5.82 Å². The molecule has 7 heteroatoms. The van der Waals surface area contributed by atoms with Crippen LogP contribution in [0.1, 0.15) is 57.1 Å². The highest BCUT2D eigenvalue weighted by Crippen LogP contribution is 2.22. The fourth-order valence-electron chi connectivity index (χ4n) is 1.49. The van der Waals surface area contributed by atoms with Gasteiger partial charge in [-0.05, 0) is 19.4 Å². The lowest BCUT2D eigenvalue weighted by atomic mass is 10.1. The number of pyridine rings is 1. The van der Waals surface area contributed by atoms with Gasteiger partial charge in [-0.3, -0.25) is 4.98 Å². The summed E-state index contributed by atoms with van der Waals surface area (Å²) in [6, 6.07) is 0.834. The minimum absolute atomic E-state index is 0.129. The van der Waals surface area contributed by atoms with Gasteiger partial charge in [0.1, 0.15) is 5.69 Å². The predicted molar refractivity (Wildman–Crippen MR) is 88.3 cm³/mol. The third-order valence-corrected chi connectivity index (χ3v) is 2.89. The summed E-state index contributed by atoms with van der Waals surface area (Å²) >= 11 is 0. The molecule has 0 aliphatic rings. The third-order valence-electron chi connectivity index (χ3n) is 2.89. The number of aromatic nitrogens is 1. The minimum Gasteiger partial charge on any atom is -0.478 e. The van der Waals surface area contributed by atoms with E-state index in [1.54, 1.807) is 13.0 Å². The molecule has 0 atom stereocenters. The van der Waals surface area contributed by atoms with Crippen molar-refractivity contribution in [2.75, 3.05) is 0 Å². The van der Waals surface area contributed by atoms with Crippen molar-refractivity contribution in [1.82, 2.24) is 10.3 Å². The maximum absolute atomic E-state index is 14.0. The topological polar surface area (TPSA) is 62.2 Å². The molecule has 0 bridgehead atoms. The summed E-state index contributed by atoms with van der Waals surface area (Å²) < 4.78 is 40.2. The zero-order valence-corrected chi connectivity index (χ0v) is 14.5. The van der Waals surface area contributed by atoms with Gasteiger partial charge in [-0.2, -0.15) is 0 Å². The number of carbonyl (C=O) groups is 1. The van der Waals surface area contributed by atoms with Crippen LogP contribution in [0.5, 0.6) is 0 Å². The van der Waals surface area contributed by atoms with Crippen LogP contribution in [-0.4, -0.2) is 22.0 Å². The van der Waals surface area contributed by atoms with E-state index in [0.717, 1.165) is 25.4 Å². The number of hydrogen-bond donors (Lipinski definition) is 2. The Hall–Kier alpha value is -2.31. The summed E-state index contributed by atoms with van der Waals surface area (Å²) in [5.41, 5.74) is -0.447. The lowest BCUT2D eigenvalue weighted by molar-refractivity contribution is 0.0629. The summed E-state index contributed by atoms with van der Waals surface area (Å²) in [5, 5.41) is 11.4. The summed E-state index contributed by atoms with van der Waals surface area (Å²) in [5.74, 6) is -5.14. The van der Waals surface area contributed by atoms with E-state index in [4.69, 9.17) is 5.11 Å².